The van der Waals surface area contributed by atoms with Gasteiger partial charge in [-0.25, -0.2) is 14.2 Å². The molecule has 0 aliphatic heterocycles. The summed E-state index contributed by atoms with van der Waals surface area (Å²) in [7, 11) is -3.67. The fourth-order valence-electron chi connectivity index (χ4n) is 2.22. The van der Waals surface area contributed by atoms with Crippen LogP contribution in [0, 0.1) is 0 Å². The molecule has 0 aliphatic carbocycles. The Bertz CT molecular complexity index is 499. The minimum atomic E-state index is -3.67. The second-order valence-corrected chi connectivity index (χ2v) is 8.19. The van der Waals surface area contributed by atoms with Crippen molar-refractivity contribution in [3.63, 3.8) is 0 Å². The number of phosphoric acid groups is 1. The molecule has 174 valence electrons. The number of carbonyl (C=O) groups is 2. The second-order valence-electron chi connectivity index (χ2n) is 6.52. The van der Waals surface area contributed by atoms with Gasteiger partial charge in [-0.3, -0.25) is 13.6 Å². The highest BCUT2D eigenvalue weighted by Crippen LogP contribution is 2.49. The Labute approximate surface area is 180 Å². The summed E-state index contributed by atoms with van der Waals surface area (Å²) < 4.78 is 38.8. The molecular weight excluding hydrogens is 411 g/mol. The van der Waals surface area contributed by atoms with Crippen molar-refractivity contribution in [2.24, 2.45) is 0 Å². The minimum Gasteiger partial charge on any atom is -0.463 e. The summed E-state index contributed by atoms with van der Waals surface area (Å²) in [5, 5.41) is 0. The Kier molecular flexibility index (Phi) is 18.5. The largest absolute Gasteiger partial charge is 0.474 e. The molecule has 0 rings (SSSR count). The summed E-state index contributed by atoms with van der Waals surface area (Å²) >= 11 is 0. The first-order valence-electron chi connectivity index (χ1n) is 10.6. The quantitative estimate of drug-likeness (QED) is 0.103. The average Bonchev–Trinajstić information content (AvgIpc) is 2.75. The van der Waals surface area contributed by atoms with Crippen molar-refractivity contribution >= 4 is 19.8 Å². The number of hydrogen-bond acceptors (Lipinski definition) is 8. The van der Waals surface area contributed by atoms with E-state index in [4.69, 9.17) is 23.0 Å². The van der Waals surface area contributed by atoms with Crippen LogP contribution in [0.4, 0.5) is 0 Å². The fraction of sp³-hybridized carbons (Fsp3) is 0.714. The number of esters is 2. The maximum atomic E-state index is 12.8. The highest BCUT2D eigenvalue weighted by Gasteiger charge is 2.26. The zero-order chi connectivity index (χ0) is 22.5. The summed E-state index contributed by atoms with van der Waals surface area (Å²) in [6.07, 6.45) is 9.60. The van der Waals surface area contributed by atoms with E-state index >= 15 is 0 Å². The predicted molar refractivity (Wildman–Crippen MR) is 115 cm³/mol. The molecule has 0 atom stereocenters. The molecule has 0 amide bonds. The molecular formula is C21H37O8P. The van der Waals surface area contributed by atoms with Crippen molar-refractivity contribution in [3.8, 4) is 0 Å². The minimum absolute atomic E-state index is 0.162. The number of carbonyl (C=O) groups excluding carboxylic acids is 2. The van der Waals surface area contributed by atoms with Gasteiger partial charge in [0.2, 0.25) is 0 Å². The summed E-state index contributed by atoms with van der Waals surface area (Å²) in [5.41, 5.74) is 0. The van der Waals surface area contributed by atoms with E-state index in [1.165, 1.54) is 0 Å². The predicted octanol–water partition coefficient (Wildman–Crippen LogP) is 5.13. The smallest absolute Gasteiger partial charge is 0.463 e. The molecule has 0 bridgehead atoms. The van der Waals surface area contributed by atoms with Crippen LogP contribution in [0.3, 0.4) is 0 Å². The van der Waals surface area contributed by atoms with Gasteiger partial charge in [-0.05, 0) is 32.1 Å². The zero-order valence-electron chi connectivity index (χ0n) is 18.2. The monoisotopic (exact) mass is 448 g/mol. The molecule has 8 nitrogen and oxygen atoms in total. The van der Waals surface area contributed by atoms with Crippen LogP contribution in [0.2, 0.25) is 0 Å². The maximum absolute atomic E-state index is 12.8. The summed E-state index contributed by atoms with van der Waals surface area (Å²) in [4.78, 5) is 22.0. The van der Waals surface area contributed by atoms with E-state index in [2.05, 4.69) is 20.1 Å². The molecule has 0 saturated heterocycles. The van der Waals surface area contributed by atoms with Crippen LogP contribution >= 0.6 is 7.82 Å². The lowest BCUT2D eigenvalue weighted by Gasteiger charge is -2.18. The van der Waals surface area contributed by atoms with Crippen LogP contribution < -0.4 is 0 Å². The number of rotatable bonds is 21. The Morgan fingerprint density at radius 1 is 0.667 bits per heavy atom. The molecule has 0 aliphatic rings. The third kappa shape index (κ3) is 17.4. The summed E-state index contributed by atoms with van der Waals surface area (Å²) in [6.45, 7) is 9.89. The number of phosphoric ester groups is 1. The molecule has 0 unspecified atom stereocenters. The van der Waals surface area contributed by atoms with Gasteiger partial charge in [0, 0.05) is 12.2 Å². The van der Waals surface area contributed by atoms with Crippen molar-refractivity contribution in [1.29, 1.82) is 0 Å². The number of unbranched alkanes of at least 4 members (excludes halogenated alkanes) is 6. The first-order chi connectivity index (χ1) is 14.5. The van der Waals surface area contributed by atoms with Gasteiger partial charge in [0.05, 0.1) is 33.0 Å². The van der Waals surface area contributed by atoms with Crippen LogP contribution in [0.25, 0.3) is 0 Å². The SMILES string of the molecule is C=CC(=O)OCCCCOP(=O)(OCCCCCCC)OCCCCOC(=O)C=C. The van der Waals surface area contributed by atoms with E-state index in [1.54, 1.807) is 0 Å². The van der Waals surface area contributed by atoms with Gasteiger partial charge in [-0.1, -0.05) is 45.8 Å². The fourth-order valence-corrected chi connectivity index (χ4v) is 3.50. The third-order valence-electron chi connectivity index (χ3n) is 3.90. The highest BCUT2D eigenvalue weighted by molar-refractivity contribution is 7.48. The van der Waals surface area contributed by atoms with Crippen LogP contribution in [-0.4, -0.2) is 45.0 Å². The average molecular weight is 448 g/mol. The molecule has 0 aromatic carbocycles. The standard InChI is InChI=1S/C21H37O8P/c1-4-7-8-9-10-17-27-30(24,28-18-13-11-15-25-20(22)5-2)29-19-14-12-16-26-21(23)6-3/h5-6H,2-4,7-19H2,1H3. The second kappa shape index (κ2) is 19.5. The van der Waals surface area contributed by atoms with Crippen molar-refractivity contribution in [3.05, 3.63) is 25.3 Å². The topological polar surface area (TPSA) is 97.4 Å². The van der Waals surface area contributed by atoms with Crippen molar-refractivity contribution < 1.29 is 37.2 Å². The first-order valence-corrected chi connectivity index (χ1v) is 12.1. The Morgan fingerprint density at radius 3 is 1.43 bits per heavy atom. The van der Waals surface area contributed by atoms with Gasteiger partial charge < -0.3 is 9.47 Å². The van der Waals surface area contributed by atoms with Gasteiger partial charge in [-0.2, -0.15) is 0 Å². The van der Waals surface area contributed by atoms with E-state index in [1.807, 2.05) is 0 Å². The third-order valence-corrected chi connectivity index (χ3v) is 5.39. The van der Waals surface area contributed by atoms with Crippen LogP contribution in [-0.2, 0) is 37.2 Å². The van der Waals surface area contributed by atoms with Crippen molar-refractivity contribution in [1.82, 2.24) is 0 Å². The van der Waals surface area contributed by atoms with Crippen LogP contribution in [0.15, 0.2) is 25.3 Å². The molecule has 0 aromatic heterocycles. The Balaban J connectivity index is 4.20. The van der Waals surface area contributed by atoms with E-state index in [0.717, 1.165) is 44.3 Å². The normalized spacial score (nSPS) is 11.1. The van der Waals surface area contributed by atoms with E-state index in [-0.39, 0.29) is 26.4 Å². The van der Waals surface area contributed by atoms with Crippen LogP contribution in [0.1, 0.15) is 64.7 Å². The van der Waals surface area contributed by atoms with E-state index in [0.29, 0.717) is 32.3 Å². The van der Waals surface area contributed by atoms with Gasteiger partial charge in [0.15, 0.2) is 0 Å². The molecule has 30 heavy (non-hydrogen) atoms. The molecule has 0 saturated carbocycles. The van der Waals surface area contributed by atoms with Gasteiger partial charge in [0.1, 0.15) is 0 Å². The lowest BCUT2D eigenvalue weighted by Crippen LogP contribution is -2.07. The van der Waals surface area contributed by atoms with Gasteiger partial charge in [-0.15, -0.1) is 0 Å². The molecule has 9 heteroatoms. The molecule has 0 spiro atoms. The van der Waals surface area contributed by atoms with E-state index < -0.39 is 19.8 Å². The van der Waals surface area contributed by atoms with Crippen molar-refractivity contribution in [2.75, 3.05) is 33.0 Å². The summed E-state index contributed by atoms with van der Waals surface area (Å²) in [6, 6.07) is 0. The van der Waals surface area contributed by atoms with E-state index in [9.17, 15) is 14.2 Å². The zero-order valence-corrected chi connectivity index (χ0v) is 19.1. The first kappa shape index (κ1) is 28.5. The maximum Gasteiger partial charge on any atom is 0.474 e. The van der Waals surface area contributed by atoms with Gasteiger partial charge >= 0.3 is 19.8 Å². The summed E-state index contributed by atoms with van der Waals surface area (Å²) in [5.74, 6) is -0.954. The van der Waals surface area contributed by atoms with Gasteiger partial charge in [0.25, 0.3) is 0 Å². The Morgan fingerprint density at radius 2 is 1.03 bits per heavy atom. The number of hydrogen-bond donors (Lipinski definition) is 0. The van der Waals surface area contributed by atoms with Crippen LogP contribution in [0.5, 0.6) is 0 Å². The molecule has 0 fully saturated rings. The highest BCUT2D eigenvalue weighted by atomic mass is 31.2. The lowest BCUT2D eigenvalue weighted by atomic mass is 10.2. The molecule has 0 radical (unpaired) electrons. The van der Waals surface area contributed by atoms with Crippen molar-refractivity contribution in [2.45, 2.75) is 64.7 Å². The Hall–Kier alpha value is -1.47. The molecule has 0 aromatic rings. The number of ether oxygens (including phenoxy) is 2. The molecule has 0 N–H and O–H groups in total. The lowest BCUT2D eigenvalue weighted by molar-refractivity contribution is -0.138. The molecule has 0 heterocycles.